The highest BCUT2D eigenvalue weighted by Crippen LogP contribution is 2.21. The number of amides is 1. The Kier molecular flexibility index (Phi) is 4.25. The van der Waals surface area contributed by atoms with Crippen molar-refractivity contribution >= 4 is 5.91 Å². The van der Waals surface area contributed by atoms with Crippen LogP contribution in [0, 0.1) is 0 Å². The van der Waals surface area contributed by atoms with Crippen LogP contribution in [0.25, 0.3) is 0 Å². The Bertz CT molecular complexity index is 596. The maximum absolute atomic E-state index is 11.9. The Balaban J connectivity index is 1.50. The van der Waals surface area contributed by atoms with Gasteiger partial charge in [-0.3, -0.25) is 9.48 Å². The summed E-state index contributed by atoms with van der Waals surface area (Å²) >= 11 is 0. The normalized spacial score (nSPS) is 17.2. The van der Waals surface area contributed by atoms with E-state index in [1.54, 1.807) is 17.1 Å². The van der Waals surface area contributed by atoms with Gasteiger partial charge in [0.25, 0.3) is 0 Å². The molecule has 2 heterocycles. The second-order valence-electron chi connectivity index (χ2n) is 5.18. The van der Waals surface area contributed by atoms with Gasteiger partial charge >= 0.3 is 0 Å². The number of hydrogen-bond donors (Lipinski definition) is 2. The number of hydrogen-bond acceptors (Lipinski definition) is 4. The Labute approximate surface area is 123 Å². The SMILES string of the molecule is O=C(CCn1ccnn1)NCC1NCCc2ccccc21. The van der Waals surface area contributed by atoms with Crippen LogP contribution in [-0.2, 0) is 17.8 Å². The van der Waals surface area contributed by atoms with Gasteiger partial charge in [-0.1, -0.05) is 29.5 Å². The minimum Gasteiger partial charge on any atom is -0.354 e. The van der Waals surface area contributed by atoms with Gasteiger partial charge < -0.3 is 10.6 Å². The van der Waals surface area contributed by atoms with Gasteiger partial charge in [0.15, 0.2) is 0 Å². The summed E-state index contributed by atoms with van der Waals surface area (Å²) in [6.45, 7) is 2.13. The van der Waals surface area contributed by atoms with Crippen molar-refractivity contribution in [3.8, 4) is 0 Å². The number of benzene rings is 1. The molecule has 0 spiro atoms. The molecule has 1 unspecified atom stereocenters. The number of nitrogens with zero attached hydrogens (tertiary/aromatic N) is 3. The van der Waals surface area contributed by atoms with Crippen molar-refractivity contribution in [2.75, 3.05) is 13.1 Å². The summed E-state index contributed by atoms with van der Waals surface area (Å²) in [5, 5.41) is 14.0. The third-order valence-corrected chi connectivity index (χ3v) is 3.76. The number of nitrogens with one attached hydrogen (secondary N) is 2. The summed E-state index contributed by atoms with van der Waals surface area (Å²) in [7, 11) is 0. The zero-order chi connectivity index (χ0) is 14.5. The summed E-state index contributed by atoms with van der Waals surface area (Å²) in [5.41, 5.74) is 2.67. The van der Waals surface area contributed by atoms with Gasteiger partial charge in [-0.05, 0) is 24.1 Å². The lowest BCUT2D eigenvalue weighted by molar-refractivity contribution is -0.121. The third kappa shape index (κ3) is 3.46. The Hall–Kier alpha value is -2.21. The molecule has 0 radical (unpaired) electrons. The average Bonchev–Trinajstić information content (AvgIpc) is 3.04. The minimum absolute atomic E-state index is 0.0374. The highest BCUT2D eigenvalue weighted by atomic mass is 16.1. The first kappa shape index (κ1) is 13.8. The highest BCUT2D eigenvalue weighted by Gasteiger charge is 2.19. The molecular weight excluding hydrogens is 266 g/mol. The van der Waals surface area contributed by atoms with Crippen LogP contribution in [0.3, 0.4) is 0 Å². The third-order valence-electron chi connectivity index (χ3n) is 3.76. The lowest BCUT2D eigenvalue weighted by atomic mass is 9.94. The van der Waals surface area contributed by atoms with Crippen LogP contribution in [0.4, 0.5) is 0 Å². The zero-order valence-electron chi connectivity index (χ0n) is 11.8. The fourth-order valence-corrected chi connectivity index (χ4v) is 2.65. The first-order chi connectivity index (χ1) is 10.3. The number of fused-ring (bicyclic) bond motifs is 1. The monoisotopic (exact) mass is 285 g/mol. The van der Waals surface area contributed by atoms with Gasteiger partial charge in [0, 0.05) is 25.2 Å². The van der Waals surface area contributed by atoms with Crippen LogP contribution < -0.4 is 10.6 Å². The molecule has 21 heavy (non-hydrogen) atoms. The number of aromatic nitrogens is 3. The molecule has 0 fully saturated rings. The molecule has 2 aromatic rings. The molecule has 1 aromatic heterocycles. The van der Waals surface area contributed by atoms with E-state index in [1.165, 1.54) is 11.1 Å². The van der Waals surface area contributed by atoms with E-state index in [1.807, 2.05) is 6.07 Å². The average molecular weight is 285 g/mol. The lowest BCUT2D eigenvalue weighted by Gasteiger charge is -2.27. The number of carbonyl (C=O) groups is 1. The van der Waals surface area contributed by atoms with Crippen molar-refractivity contribution in [3.63, 3.8) is 0 Å². The summed E-state index contributed by atoms with van der Waals surface area (Å²) in [4.78, 5) is 11.9. The van der Waals surface area contributed by atoms with E-state index < -0.39 is 0 Å². The predicted molar refractivity (Wildman–Crippen MR) is 78.5 cm³/mol. The molecule has 3 rings (SSSR count). The van der Waals surface area contributed by atoms with Crippen molar-refractivity contribution < 1.29 is 4.79 Å². The molecule has 0 saturated carbocycles. The minimum atomic E-state index is 0.0374. The summed E-state index contributed by atoms with van der Waals surface area (Å²) in [5.74, 6) is 0.0374. The van der Waals surface area contributed by atoms with E-state index in [0.717, 1.165) is 13.0 Å². The fourth-order valence-electron chi connectivity index (χ4n) is 2.65. The molecule has 0 aliphatic carbocycles. The maximum atomic E-state index is 11.9. The smallest absolute Gasteiger partial charge is 0.221 e. The van der Waals surface area contributed by atoms with Crippen molar-refractivity contribution in [3.05, 3.63) is 47.8 Å². The predicted octanol–water partition coefficient (Wildman–Crippen LogP) is 0.671. The summed E-state index contributed by atoms with van der Waals surface area (Å²) in [6, 6.07) is 8.61. The number of aryl methyl sites for hydroxylation is 1. The first-order valence-corrected chi connectivity index (χ1v) is 7.25. The van der Waals surface area contributed by atoms with Crippen LogP contribution in [0.15, 0.2) is 36.7 Å². The molecule has 2 N–H and O–H groups in total. The van der Waals surface area contributed by atoms with Crippen LogP contribution in [0.1, 0.15) is 23.6 Å². The molecule has 1 aliphatic heterocycles. The van der Waals surface area contributed by atoms with E-state index in [0.29, 0.717) is 19.5 Å². The molecule has 1 amide bonds. The van der Waals surface area contributed by atoms with Gasteiger partial charge in [-0.2, -0.15) is 0 Å². The molecular formula is C15H19N5O. The maximum Gasteiger partial charge on any atom is 0.221 e. The second-order valence-corrected chi connectivity index (χ2v) is 5.18. The zero-order valence-corrected chi connectivity index (χ0v) is 11.8. The highest BCUT2D eigenvalue weighted by molar-refractivity contribution is 5.75. The van der Waals surface area contributed by atoms with E-state index in [-0.39, 0.29) is 11.9 Å². The van der Waals surface area contributed by atoms with Crippen LogP contribution in [0.5, 0.6) is 0 Å². The van der Waals surface area contributed by atoms with Crippen molar-refractivity contribution in [1.29, 1.82) is 0 Å². The fraction of sp³-hybridized carbons (Fsp3) is 0.400. The first-order valence-electron chi connectivity index (χ1n) is 7.25. The molecule has 6 nitrogen and oxygen atoms in total. The molecule has 0 saturated heterocycles. The summed E-state index contributed by atoms with van der Waals surface area (Å²) < 4.78 is 1.66. The van der Waals surface area contributed by atoms with Crippen LogP contribution in [-0.4, -0.2) is 34.0 Å². The van der Waals surface area contributed by atoms with Crippen molar-refractivity contribution in [2.45, 2.75) is 25.4 Å². The van der Waals surface area contributed by atoms with Gasteiger partial charge in [-0.25, -0.2) is 0 Å². The number of rotatable bonds is 5. The Morgan fingerprint density at radius 3 is 3.19 bits per heavy atom. The van der Waals surface area contributed by atoms with Crippen LogP contribution >= 0.6 is 0 Å². The molecule has 0 bridgehead atoms. The van der Waals surface area contributed by atoms with E-state index in [2.05, 4.69) is 39.1 Å². The summed E-state index contributed by atoms with van der Waals surface area (Å²) in [6.07, 6.45) is 4.83. The van der Waals surface area contributed by atoms with Crippen molar-refractivity contribution in [2.24, 2.45) is 0 Å². The number of carbonyl (C=O) groups excluding carboxylic acids is 1. The standard InChI is InChI=1S/C15H19N5O/c21-15(6-9-20-10-8-18-19-20)17-11-14-13-4-2-1-3-12(13)5-7-16-14/h1-4,8,10,14,16H,5-7,9,11H2,(H,17,21). The molecule has 1 atom stereocenters. The van der Waals surface area contributed by atoms with E-state index in [4.69, 9.17) is 0 Å². The van der Waals surface area contributed by atoms with Gasteiger partial charge in [0.2, 0.25) is 5.91 Å². The molecule has 110 valence electrons. The Morgan fingerprint density at radius 2 is 2.33 bits per heavy atom. The van der Waals surface area contributed by atoms with E-state index >= 15 is 0 Å². The van der Waals surface area contributed by atoms with Crippen LogP contribution in [0.2, 0.25) is 0 Å². The lowest BCUT2D eigenvalue weighted by Crippen LogP contribution is -2.39. The largest absolute Gasteiger partial charge is 0.354 e. The Morgan fingerprint density at radius 1 is 1.43 bits per heavy atom. The topological polar surface area (TPSA) is 71.8 Å². The van der Waals surface area contributed by atoms with Crippen molar-refractivity contribution in [1.82, 2.24) is 25.6 Å². The molecule has 1 aromatic carbocycles. The van der Waals surface area contributed by atoms with Gasteiger partial charge in [0.1, 0.15) is 0 Å². The van der Waals surface area contributed by atoms with Gasteiger partial charge in [0.05, 0.1) is 12.7 Å². The van der Waals surface area contributed by atoms with Gasteiger partial charge in [-0.15, -0.1) is 5.10 Å². The second kappa shape index (κ2) is 6.49. The van der Waals surface area contributed by atoms with E-state index in [9.17, 15) is 4.79 Å². The molecule has 6 heteroatoms. The quantitative estimate of drug-likeness (QED) is 0.847. The molecule has 1 aliphatic rings.